The predicted molar refractivity (Wildman–Crippen MR) is 79.8 cm³/mol. The summed E-state index contributed by atoms with van der Waals surface area (Å²) in [5, 5.41) is 7.83. The molecule has 0 aliphatic carbocycles. The second-order valence-corrected chi connectivity index (χ2v) is 5.54. The number of unbranched alkanes of at least 4 members (excludes halogenated alkanes) is 1. The fourth-order valence-electron chi connectivity index (χ4n) is 2.12. The van der Waals surface area contributed by atoms with Crippen molar-refractivity contribution in [2.24, 2.45) is 0 Å². The summed E-state index contributed by atoms with van der Waals surface area (Å²) in [6.07, 6.45) is 3.45. The number of nitrogens with one attached hydrogen (secondary N) is 1. The van der Waals surface area contributed by atoms with E-state index in [0.717, 1.165) is 13.0 Å². The molecule has 1 aromatic heterocycles. The van der Waals surface area contributed by atoms with E-state index in [9.17, 15) is 4.39 Å². The van der Waals surface area contributed by atoms with Crippen molar-refractivity contribution in [3.05, 3.63) is 58.0 Å². The second kappa shape index (κ2) is 7.41. The molecule has 0 radical (unpaired) electrons. The van der Waals surface area contributed by atoms with E-state index in [0.29, 0.717) is 6.04 Å². The van der Waals surface area contributed by atoms with Crippen LogP contribution in [-0.4, -0.2) is 0 Å². The Kier molecular flexibility index (Phi) is 5.55. The largest absolute Gasteiger partial charge is 0.306 e. The van der Waals surface area contributed by atoms with Crippen LogP contribution in [0.2, 0.25) is 0 Å². The molecule has 1 unspecified atom stereocenters. The first kappa shape index (κ1) is 14.2. The number of rotatable bonds is 7. The monoisotopic (exact) mass is 277 g/mol. The summed E-state index contributed by atoms with van der Waals surface area (Å²) in [5.74, 6) is -0.171. The quantitative estimate of drug-likeness (QED) is 0.758. The van der Waals surface area contributed by atoms with E-state index in [4.69, 9.17) is 0 Å². The van der Waals surface area contributed by atoms with Gasteiger partial charge in [-0.2, -0.15) is 11.3 Å². The predicted octanol–water partition coefficient (Wildman–Crippen LogP) is 4.91. The molecular formula is C16H20FNS. The number of benzene rings is 1. The van der Waals surface area contributed by atoms with Gasteiger partial charge in [-0.05, 0) is 46.5 Å². The molecule has 0 fully saturated rings. The number of halogens is 1. The van der Waals surface area contributed by atoms with Gasteiger partial charge < -0.3 is 5.32 Å². The lowest BCUT2D eigenvalue weighted by molar-refractivity contribution is 0.480. The lowest BCUT2D eigenvalue weighted by atomic mass is 10.0. The van der Waals surface area contributed by atoms with Crippen LogP contribution < -0.4 is 5.32 Å². The second-order valence-electron chi connectivity index (χ2n) is 4.76. The van der Waals surface area contributed by atoms with Crippen molar-refractivity contribution < 1.29 is 4.39 Å². The zero-order chi connectivity index (χ0) is 13.5. The van der Waals surface area contributed by atoms with E-state index < -0.39 is 0 Å². The zero-order valence-corrected chi connectivity index (χ0v) is 12.0. The maximum absolute atomic E-state index is 13.0. The molecule has 1 N–H and O–H groups in total. The highest BCUT2D eigenvalue weighted by atomic mass is 32.1. The van der Waals surface area contributed by atoms with Gasteiger partial charge in [0.15, 0.2) is 0 Å². The van der Waals surface area contributed by atoms with Crippen LogP contribution in [0.1, 0.15) is 43.4 Å². The Bertz CT molecular complexity index is 464. The van der Waals surface area contributed by atoms with Gasteiger partial charge in [-0.3, -0.25) is 0 Å². The molecule has 2 rings (SSSR count). The molecule has 0 saturated carbocycles. The molecule has 1 heterocycles. The van der Waals surface area contributed by atoms with E-state index in [1.54, 1.807) is 23.5 Å². The van der Waals surface area contributed by atoms with Gasteiger partial charge in [0.05, 0.1) is 0 Å². The minimum absolute atomic E-state index is 0.171. The topological polar surface area (TPSA) is 12.0 Å². The van der Waals surface area contributed by atoms with Gasteiger partial charge in [-0.15, -0.1) is 0 Å². The Hall–Kier alpha value is -1.19. The highest BCUT2D eigenvalue weighted by Gasteiger charge is 2.10. The van der Waals surface area contributed by atoms with Gasteiger partial charge >= 0.3 is 0 Å². The van der Waals surface area contributed by atoms with Crippen molar-refractivity contribution in [3.63, 3.8) is 0 Å². The number of hydrogen-bond donors (Lipinski definition) is 1. The lowest BCUT2D eigenvalue weighted by Crippen LogP contribution is -2.20. The van der Waals surface area contributed by atoms with Gasteiger partial charge in [0, 0.05) is 12.6 Å². The number of hydrogen-bond acceptors (Lipinski definition) is 2. The van der Waals surface area contributed by atoms with Crippen molar-refractivity contribution in [1.29, 1.82) is 0 Å². The summed E-state index contributed by atoms with van der Waals surface area (Å²) >= 11 is 1.72. The highest BCUT2D eigenvalue weighted by molar-refractivity contribution is 7.07. The molecule has 0 bridgehead atoms. The summed E-state index contributed by atoms with van der Waals surface area (Å²) < 4.78 is 13.0. The first-order valence-corrected chi connectivity index (χ1v) is 7.74. The van der Waals surface area contributed by atoms with E-state index in [1.807, 2.05) is 12.1 Å². The zero-order valence-electron chi connectivity index (χ0n) is 11.2. The fraction of sp³-hybridized carbons (Fsp3) is 0.375. The molecule has 0 amide bonds. The molecule has 0 spiro atoms. The summed E-state index contributed by atoms with van der Waals surface area (Å²) in [7, 11) is 0. The van der Waals surface area contributed by atoms with Crippen LogP contribution in [0.4, 0.5) is 4.39 Å². The van der Waals surface area contributed by atoms with Crippen LogP contribution in [0.15, 0.2) is 41.1 Å². The van der Waals surface area contributed by atoms with Gasteiger partial charge in [0.2, 0.25) is 0 Å². The minimum Gasteiger partial charge on any atom is -0.306 e. The SMILES string of the molecule is CCCCC(NCc1ccsc1)c1ccc(F)cc1. The molecule has 102 valence electrons. The molecular weight excluding hydrogens is 257 g/mol. The van der Waals surface area contributed by atoms with E-state index >= 15 is 0 Å². The first-order valence-electron chi connectivity index (χ1n) is 6.79. The van der Waals surface area contributed by atoms with Crippen LogP contribution in [0.3, 0.4) is 0 Å². The smallest absolute Gasteiger partial charge is 0.123 e. The third kappa shape index (κ3) is 4.44. The lowest BCUT2D eigenvalue weighted by Gasteiger charge is -2.19. The molecule has 0 aliphatic rings. The van der Waals surface area contributed by atoms with Crippen LogP contribution in [0, 0.1) is 5.82 Å². The molecule has 3 heteroatoms. The summed E-state index contributed by atoms with van der Waals surface area (Å²) in [6, 6.07) is 9.30. The molecule has 19 heavy (non-hydrogen) atoms. The Morgan fingerprint density at radius 3 is 2.63 bits per heavy atom. The third-order valence-electron chi connectivity index (χ3n) is 3.25. The third-order valence-corrected chi connectivity index (χ3v) is 3.98. The Morgan fingerprint density at radius 2 is 2.00 bits per heavy atom. The van der Waals surface area contributed by atoms with E-state index in [-0.39, 0.29) is 5.82 Å². The van der Waals surface area contributed by atoms with Crippen molar-refractivity contribution in [1.82, 2.24) is 5.32 Å². The average Bonchev–Trinajstić information content (AvgIpc) is 2.93. The van der Waals surface area contributed by atoms with Crippen LogP contribution in [-0.2, 0) is 6.54 Å². The van der Waals surface area contributed by atoms with Crippen molar-refractivity contribution >= 4 is 11.3 Å². The molecule has 1 nitrogen and oxygen atoms in total. The number of thiophene rings is 1. The van der Waals surface area contributed by atoms with Crippen molar-refractivity contribution in [3.8, 4) is 0 Å². The Labute approximate surface area is 118 Å². The summed E-state index contributed by atoms with van der Waals surface area (Å²) in [6.45, 7) is 3.07. The summed E-state index contributed by atoms with van der Waals surface area (Å²) in [4.78, 5) is 0. The van der Waals surface area contributed by atoms with Gasteiger partial charge in [-0.1, -0.05) is 31.9 Å². The van der Waals surface area contributed by atoms with Crippen LogP contribution >= 0.6 is 11.3 Å². The Balaban J connectivity index is 2.00. The Morgan fingerprint density at radius 1 is 1.21 bits per heavy atom. The van der Waals surface area contributed by atoms with E-state index in [2.05, 4.69) is 29.1 Å². The molecule has 0 saturated heterocycles. The average molecular weight is 277 g/mol. The standard InChI is InChI=1S/C16H20FNS/c1-2-3-4-16(14-5-7-15(17)8-6-14)18-11-13-9-10-19-12-13/h5-10,12,16,18H,2-4,11H2,1H3. The van der Waals surface area contributed by atoms with Crippen LogP contribution in [0.5, 0.6) is 0 Å². The van der Waals surface area contributed by atoms with E-state index in [1.165, 1.54) is 24.0 Å². The molecule has 1 aromatic carbocycles. The van der Waals surface area contributed by atoms with Gasteiger partial charge in [0.25, 0.3) is 0 Å². The highest BCUT2D eigenvalue weighted by Crippen LogP contribution is 2.20. The van der Waals surface area contributed by atoms with Crippen molar-refractivity contribution in [2.45, 2.75) is 38.8 Å². The maximum atomic E-state index is 13.0. The first-order chi connectivity index (χ1) is 9.29. The van der Waals surface area contributed by atoms with Gasteiger partial charge in [-0.25, -0.2) is 4.39 Å². The normalized spacial score (nSPS) is 12.5. The minimum atomic E-state index is -0.171. The van der Waals surface area contributed by atoms with Crippen molar-refractivity contribution in [2.75, 3.05) is 0 Å². The summed E-state index contributed by atoms with van der Waals surface area (Å²) in [5.41, 5.74) is 2.48. The molecule has 2 aromatic rings. The van der Waals surface area contributed by atoms with Gasteiger partial charge in [0.1, 0.15) is 5.82 Å². The molecule has 1 atom stereocenters. The molecule has 0 aliphatic heterocycles. The van der Waals surface area contributed by atoms with Crippen LogP contribution in [0.25, 0.3) is 0 Å². The fourth-order valence-corrected chi connectivity index (χ4v) is 2.79. The maximum Gasteiger partial charge on any atom is 0.123 e.